The fourth-order valence-corrected chi connectivity index (χ4v) is 0.693. The summed E-state index contributed by atoms with van der Waals surface area (Å²) >= 11 is 0. The number of hydrogen-bond acceptors (Lipinski definition) is 1. The van der Waals surface area contributed by atoms with Crippen LogP contribution in [0.15, 0.2) is 0 Å². The van der Waals surface area contributed by atoms with Crippen LogP contribution >= 0.6 is 0 Å². The Bertz CT molecular complexity index is 60.1. The summed E-state index contributed by atoms with van der Waals surface area (Å²) in [6.45, 7) is 9.07. The molecule has 0 aromatic rings. The van der Waals surface area contributed by atoms with Gasteiger partial charge < -0.3 is 5.32 Å². The standard InChI is InChI=1S/C8H19N.FH.H2/c1-4-6-9-7-5-8(2)3;;/h8-9H,4-7H2,1-3H3;2*1H. The predicted octanol–water partition coefficient (Wildman–Crippen LogP) is 2.43. The van der Waals surface area contributed by atoms with Crippen LogP contribution in [-0.4, -0.2) is 13.1 Å². The van der Waals surface area contributed by atoms with Gasteiger partial charge in [-0.1, -0.05) is 20.8 Å². The van der Waals surface area contributed by atoms with Gasteiger partial charge in [0.25, 0.3) is 0 Å². The molecule has 0 aliphatic heterocycles. The normalized spacial score (nSPS) is 9.60. The lowest BCUT2D eigenvalue weighted by Crippen LogP contribution is -2.17. The van der Waals surface area contributed by atoms with E-state index in [1.54, 1.807) is 0 Å². The average Bonchev–Trinajstić information content (AvgIpc) is 1.80. The Morgan fingerprint density at radius 2 is 1.90 bits per heavy atom. The molecule has 66 valence electrons. The van der Waals surface area contributed by atoms with Gasteiger partial charge in [0.1, 0.15) is 0 Å². The van der Waals surface area contributed by atoms with Crippen LogP contribution in [0, 0.1) is 5.92 Å². The number of hydrogen-bond donors (Lipinski definition) is 1. The van der Waals surface area contributed by atoms with Crippen molar-refractivity contribution in [2.45, 2.75) is 33.6 Å². The van der Waals surface area contributed by atoms with Crippen LogP contribution in [0.1, 0.15) is 35.0 Å². The minimum absolute atomic E-state index is 0. The molecule has 1 nitrogen and oxygen atoms in total. The molecule has 0 aliphatic carbocycles. The summed E-state index contributed by atoms with van der Waals surface area (Å²) in [5.74, 6) is 0.842. The van der Waals surface area contributed by atoms with Crippen molar-refractivity contribution in [2.24, 2.45) is 5.92 Å². The third kappa shape index (κ3) is 10.8. The zero-order valence-electron chi connectivity index (χ0n) is 7.31. The second kappa shape index (κ2) is 8.89. The quantitative estimate of drug-likeness (QED) is 0.595. The largest absolute Gasteiger partial charge is 0.317 e. The van der Waals surface area contributed by atoms with Gasteiger partial charge in [-0.15, -0.1) is 0 Å². The highest BCUT2D eigenvalue weighted by Crippen LogP contribution is 1.95. The van der Waals surface area contributed by atoms with Gasteiger partial charge in [-0.05, 0) is 31.8 Å². The van der Waals surface area contributed by atoms with Crippen molar-refractivity contribution < 1.29 is 6.13 Å². The molecule has 0 fully saturated rings. The van der Waals surface area contributed by atoms with Gasteiger partial charge in [0.05, 0.1) is 0 Å². The zero-order valence-corrected chi connectivity index (χ0v) is 7.31. The van der Waals surface area contributed by atoms with Gasteiger partial charge in [-0.3, -0.25) is 4.70 Å². The molecule has 0 rings (SSSR count). The first-order valence-corrected chi connectivity index (χ1v) is 3.98. The lowest BCUT2D eigenvalue weighted by Gasteiger charge is -2.04. The van der Waals surface area contributed by atoms with E-state index >= 15 is 0 Å². The maximum Gasteiger partial charge on any atom is 0 e. The van der Waals surface area contributed by atoms with Crippen molar-refractivity contribution in [3.8, 4) is 0 Å². The van der Waals surface area contributed by atoms with Crippen LogP contribution < -0.4 is 5.32 Å². The van der Waals surface area contributed by atoms with E-state index in [4.69, 9.17) is 0 Å². The van der Waals surface area contributed by atoms with E-state index in [0.717, 1.165) is 5.92 Å². The highest BCUT2D eigenvalue weighted by Gasteiger charge is 1.90. The van der Waals surface area contributed by atoms with Gasteiger partial charge in [-0.25, -0.2) is 0 Å². The molecule has 0 aromatic heterocycles. The monoisotopic (exact) mass is 151 g/mol. The lowest BCUT2D eigenvalue weighted by molar-refractivity contribution is 0.537. The van der Waals surface area contributed by atoms with Crippen LogP contribution in [0.5, 0.6) is 0 Å². The Morgan fingerprint density at radius 3 is 2.30 bits per heavy atom. The maximum absolute atomic E-state index is 3.37. The molecular weight excluding hydrogens is 129 g/mol. The first-order chi connectivity index (χ1) is 4.27. The SMILES string of the molecule is CCCNCCC(C)C.F.[HH]. The Balaban J connectivity index is -0.000000320. The van der Waals surface area contributed by atoms with Crippen molar-refractivity contribution in [1.29, 1.82) is 0 Å². The molecule has 0 spiro atoms. The summed E-state index contributed by atoms with van der Waals surface area (Å²) in [6.07, 6.45) is 2.55. The minimum atomic E-state index is 0. The molecule has 0 radical (unpaired) electrons. The fourth-order valence-electron chi connectivity index (χ4n) is 0.693. The van der Waals surface area contributed by atoms with Crippen molar-refractivity contribution in [3.63, 3.8) is 0 Å². The molecule has 0 atom stereocenters. The molecule has 0 saturated carbocycles. The second-order valence-electron chi connectivity index (χ2n) is 2.93. The minimum Gasteiger partial charge on any atom is -0.317 e. The third-order valence-electron chi connectivity index (χ3n) is 1.33. The van der Waals surface area contributed by atoms with Crippen LogP contribution in [0.25, 0.3) is 0 Å². The number of halogens is 1. The van der Waals surface area contributed by atoms with Crippen LogP contribution in [-0.2, 0) is 0 Å². The summed E-state index contributed by atoms with van der Waals surface area (Å²) in [5, 5.41) is 3.37. The van der Waals surface area contributed by atoms with E-state index in [1.165, 1.54) is 25.9 Å². The van der Waals surface area contributed by atoms with E-state index in [1.807, 2.05) is 0 Å². The average molecular weight is 151 g/mol. The molecule has 0 aromatic carbocycles. The lowest BCUT2D eigenvalue weighted by atomic mass is 10.1. The molecular formula is C8H22FN. The summed E-state index contributed by atoms with van der Waals surface area (Å²) in [6, 6.07) is 0. The van der Waals surface area contributed by atoms with E-state index in [-0.39, 0.29) is 6.13 Å². The number of nitrogens with one attached hydrogen (secondary N) is 1. The molecule has 0 unspecified atom stereocenters. The van der Waals surface area contributed by atoms with Gasteiger partial charge >= 0.3 is 0 Å². The third-order valence-corrected chi connectivity index (χ3v) is 1.33. The number of rotatable bonds is 5. The Hall–Kier alpha value is -0.110. The second-order valence-corrected chi connectivity index (χ2v) is 2.93. The highest BCUT2D eigenvalue weighted by atomic mass is 19.0. The molecule has 10 heavy (non-hydrogen) atoms. The molecule has 0 aliphatic rings. The van der Waals surface area contributed by atoms with Crippen molar-refractivity contribution in [1.82, 2.24) is 5.32 Å². The van der Waals surface area contributed by atoms with Crippen molar-refractivity contribution >= 4 is 0 Å². The first-order valence-electron chi connectivity index (χ1n) is 3.98. The first kappa shape index (κ1) is 12.6. The molecule has 0 heterocycles. The Kier molecular flexibility index (Phi) is 11.2. The summed E-state index contributed by atoms with van der Waals surface area (Å²) < 4.78 is 0. The van der Waals surface area contributed by atoms with E-state index in [0.29, 0.717) is 0 Å². The zero-order chi connectivity index (χ0) is 7.11. The summed E-state index contributed by atoms with van der Waals surface area (Å²) in [7, 11) is 0. The Morgan fingerprint density at radius 1 is 1.30 bits per heavy atom. The topological polar surface area (TPSA) is 12.0 Å². The maximum atomic E-state index is 3.37. The van der Waals surface area contributed by atoms with Gasteiger partial charge in [0.15, 0.2) is 0 Å². The van der Waals surface area contributed by atoms with Gasteiger partial charge in [0, 0.05) is 1.43 Å². The summed E-state index contributed by atoms with van der Waals surface area (Å²) in [4.78, 5) is 0. The molecule has 0 bridgehead atoms. The fraction of sp³-hybridized carbons (Fsp3) is 1.00. The van der Waals surface area contributed by atoms with Crippen LogP contribution in [0.3, 0.4) is 0 Å². The molecule has 2 heteroatoms. The van der Waals surface area contributed by atoms with Gasteiger partial charge in [0.2, 0.25) is 0 Å². The Labute approximate surface area is 65.1 Å². The van der Waals surface area contributed by atoms with E-state index < -0.39 is 0 Å². The molecule has 1 N–H and O–H groups in total. The van der Waals surface area contributed by atoms with E-state index in [9.17, 15) is 0 Å². The van der Waals surface area contributed by atoms with Crippen molar-refractivity contribution in [3.05, 3.63) is 0 Å². The predicted molar refractivity (Wildman–Crippen MR) is 47.2 cm³/mol. The molecule has 0 amide bonds. The van der Waals surface area contributed by atoms with Crippen molar-refractivity contribution in [2.75, 3.05) is 13.1 Å². The van der Waals surface area contributed by atoms with Crippen LogP contribution in [0.4, 0.5) is 4.70 Å². The van der Waals surface area contributed by atoms with Gasteiger partial charge in [-0.2, -0.15) is 0 Å². The van der Waals surface area contributed by atoms with Crippen LogP contribution in [0.2, 0.25) is 0 Å². The summed E-state index contributed by atoms with van der Waals surface area (Å²) in [5.41, 5.74) is 0. The smallest absolute Gasteiger partial charge is 0 e. The highest BCUT2D eigenvalue weighted by molar-refractivity contribution is 4.49. The molecule has 0 saturated heterocycles. The van der Waals surface area contributed by atoms with E-state index in [2.05, 4.69) is 26.1 Å².